The van der Waals surface area contributed by atoms with E-state index in [0.717, 1.165) is 44.7 Å². The monoisotopic (exact) mass is 232 g/mol. The Morgan fingerprint density at radius 2 is 1.82 bits per heavy atom. The number of phenolic OH excluding ortho intramolecular Hbond substituents is 1. The van der Waals surface area contributed by atoms with E-state index in [1.165, 1.54) is 24.0 Å². The molecule has 1 fully saturated rings. The van der Waals surface area contributed by atoms with Crippen molar-refractivity contribution in [1.29, 1.82) is 0 Å². The first-order chi connectivity index (χ1) is 8.33. The number of fused-ring (bicyclic) bond motifs is 1. The van der Waals surface area contributed by atoms with Gasteiger partial charge in [0.15, 0.2) is 0 Å². The van der Waals surface area contributed by atoms with Crippen LogP contribution >= 0.6 is 0 Å². The normalized spacial score (nSPS) is 20.5. The molecule has 0 aromatic heterocycles. The van der Waals surface area contributed by atoms with Crippen molar-refractivity contribution in [1.82, 2.24) is 10.2 Å². The number of benzene rings is 1. The first-order valence-electron chi connectivity index (χ1n) is 6.59. The van der Waals surface area contributed by atoms with E-state index in [9.17, 15) is 5.11 Å². The van der Waals surface area contributed by atoms with Gasteiger partial charge in [-0.05, 0) is 36.5 Å². The van der Waals surface area contributed by atoms with Crippen LogP contribution in [0.15, 0.2) is 12.1 Å². The number of aromatic hydroxyl groups is 1. The number of nitrogens with zero attached hydrogens (tertiary/aromatic N) is 1. The van der Waals surface area contributed by atoms with Gasteiger partial charge < -0.3 is 10.4 Å². The quantitative estimate of drug-likeness (QED) is 0.806. The molecule has 1 aromatic carbocycles. The zero-order chi connectivity index (χ0) is 11.7. The lowest BCUT2D eigenvalue weighted by Gasteiger charge is -2.27. The van der Waals surface area contributed by atoms with Crippen LogP contribution in [0.25, 0.3) is 0 Å². The molecule has 17 heavy (non-hydrogen) atoms. The fourth-order valence-electron chi connectivity index (χ4n) is 2.90. The Balaban J connectivity index is 1.78. The third kappa shape index (κ3) is 2.31. The van der Waals surface area contributed by atoms with Crippen LogP contribution in [0.3, 0.4) is 0 Å². The zero-order valence-corrected chi connectivity index (χ0v) is 10.2. The molecule has 0 unspecified atom stereocenters. The van der Waals surface area contributed by atoms with E-state index in [-0.39, 0.29) is 0 Å². The summed E-state index contributed by atoms with van der Waals surface area (Å²) in [6, 6.07) is 4.21. The summed E-state index contributed by atoms with van der Waals surface area (Å²) in [5.41, 5.74) is 3.91. The summed E-state index contributed by atoms with van der Waals surface area (Å²) in [7, 11) is 0. The lowest BCUT2D eigenvalue weighted by molar-refractivity contribution is 0.230. The van der Waals surface area contributed by atoms with Gasteiger partial charge in [-0.1, -0.05) is 6.07 Å². The average molecular weight is 232 g/mol. The third-order valence-corrected chi connectivity index (χ3v) is 3.90. The molecule has 92 valence electrons. The summed E-state index contributed by atoms with van der Waals surface area (Å²) in [5, 5.41) is 13.4. The lowest BCUT2D eigenvalue weighted by Crippen LogP contribution is -2.42. The standard InChI is InChI=1S/C14H20N2O/c17-14-9-12-3-1-2-11(12)8-13(14)10-16-6-4-15-5-7-16/h8-9,15,17H,1-7,10H2. The van der Waals surface area contributed by atoms with Gasteiger partial charge in [-0.3, -0.25) is 4.90 Å². The van der Waals surface area contributed by atoms with E-state index in [4.69, 9.17) is 0 Å². The minimum Gasteiger partial charge on any atom is -0.508 e. The van der Waals surface area contributed by atoms with Crippen molar-refractivity contribution < 1.29 is 5.11 Å². The van der Waals surface area contributed by atoms with E-state index in [2.05, 4.69) is 16.3 Å². The van der Waals surface area contributed by atoms with Gasteiger partial charge in [0, 0.05) is 38.3 Å². The maximum Gasteiger partial charge on any atom is 0.120 e. The van der Waals surface area contributed by atoms with Gasteiger partial charge in [0.1, 0.15) is 5.75 Å². The Kier molecular flexibility index (Phi) is 3.04. The topological polar surface area (TPSA) is 35.5 Å². The second-order valence-corrected chi connectivity index (χ2v) is 5.13. The van der Waals surface area contributed by atoms with Crippen LogP contribution in [0.2, 0.25) is 0 Å². The van der Waals surface area contributed by atoms with E-state index < -0.39 is 0 Å². The molecule has 3 rings (SSSR count). The Bertz CT molecular complexity index is 411. The second kappa shape index (κ2) is 4.67. The molecule has 0 radical (unpaired) electrons. The largest absolute Gasteiger partial charge is 0.508 e. The fourth-order valence-corrected chi connectivity index (χ4v) is 2.90. The highest BCUT2D eigenvalue weighted by Crippen LogP contribution is 2.29. The summed E-state index contributed by atoms with van der Waals surface area (Å²) in [6.07, 6.45) is 3.56. The van der Waals surface area contributed by atoms with Crippen LogP contribution in [0.5, 0.6) is 5.75 Å². The minimum atomic E-state index is 0.490. The van der Waals surface area contributed by atoms with Crippen molar-refractivity contribution in [3.05, 3.63) is 28.8 Å². The molecule has 2 aliphatic rings. The molecule has 1 aromatic rings. The second-order valence-electron chi connectivity index (χ2n) is 5.13. The molecule has 1 aliphatic heterocycles. The van der Waals surface area contributed by atoms with Gasteiger partial charge in [-0.15, -0.1) is 0 Å². The molecular formula is C14H20N2O. The van der Waals surface area contributed by atoms with Gasteiger partial charge in [0.2, 0.25) is 0 Å². The maximum atomic E-state index is 10.1. The van der Waals surface area contributed by atoms with E-state index in [1.807, 2.05) is 6.07 Å². The highest BCUT2D eigenvalue weighted by molar-refractivity contribution is 5.44. The molecule has 3 nitrogen and oxygen atoms in total. The number of phenols is 1. The van der Waals surface area contributed by atoms with Crippen LogP contribution < -0.4 is 5.32 Å². The molecule has 1 aliphatic carbocycles. The van der Waals surface area contributed by atoms with Crippen LogP contribution in [0.4, 0.5) is 0 Å². The van der Waals surface area contributed by atoms with Crippen LogP contribution in [0.1, 0.15) is 23.1 Å². The maximum absolute atomic E-state index is 10.1. The van der Waals surface area contributed by atoms with E-state index in [0.29, 0.717) is 5.75 Å². The number of hydrogen-bond acceptors (Lipinski definition) is 3. The van der Waals surface area contributed by atoms with Gasteiger partial charge in [0.05, 0.1) is 0 Å². The summed E-state index contributed by atoms with van der Waals surface area (Å²) < 4.78 is 0. The molecule has 1 heterocycles. The predicted molar refractivity (Wildman–Crippen MR) is 68.3 cm³/mol. The summed E-state index contributed by atoms with van der Waals surface area (Å²) in [6.45, 7) is 5.17. The van der Waals surface area contributed by atoms with Gasteiger partial charge in [0.25, 0.3) is 0 Å². The smallest absolute Gasteiger partial charge is 0.120 e. The van der Waals surface area contributed by atoms with Gasteiger partial charge in [-0.25, -0.2) is 0 Å². The van der Waals surface area contributed by atoms with E-state index in [1.54, 1.807) is 0 Å². The summed E-state index contributed by atoms with van der Waals surface area (Å²) in [4.78, 5) is 2.41. The van der Waals surface area contributed by atoms with Crippen molar-refractivity contribution in [3.8, 4) is 5.75 Å². The molecule has 0 bridgehead atoms. The number of nitrogens with one attached hydrogen (secondary N) is 1. The fraction of sp³-hybridized carbons (Fsp3) is 0.571. The highest BCUT2D eigenvalue weighted by Gasteiger charge is 2.17. The van der Waals surface area contributed by atoms with Crippen LogP contribution in [0, 0.1) is 0 Å². The van der Waals surface area contributed by atoms with Crippen molar-refractivity contribution >= 4 is 0 Å². The molecule has 0 spiro atoms. The Morgan fingerprint density at radius 1 is 1.12 bits per heavy atom. The zero-order valence-electron chi connectivity index (χ0n) is 10.2. The van der Waals surface area contributed by atoms with Gasteiger partial charge >= 0.3 is 0 Å². The average Bonchev–Trinajstić information content (AvgIpc) is 2.78. The number of rotatable bonds is 2. The lowest BCUT2D eigenvalue weighted by atomic mass is 10.0. The summed E-state index contributed by atoms with van der Waals surface area (Å²) >= 11 is 0. The van der Waals surface area contributed by atoms with Crippen LogP contribution in [-0.2, 0) is 19.4 Å². The van der Waals surface area contributed by atoms with Crippen molar-refractivity contribution in [2.24, 2.45) is 0 Å². The predicted octanol–water partition coefficient (Wildman–Crippen LogP) is 1.29. The third-order valence-electron chi connectivity index (χ3n) is 3.90. The van der Waals surface area contributed by atoms with Crippen molar-refractivity contribution in [2.45, 2.75) is 25.8 Å². The molecule has 1 saturated heterocycles. The summed E-state index contributed by atoms with van der Waals surface area (Å²) in [5.74, 6) is 0.490. The van der Waals surface area contributed by atoms with Gasteiger partial charge in [-0.2, -0.15) is 0 Å². The van der Waals surface area contributed by atoms with Crippen molar-refractivity contribution in [3.63, 3.8) is 0 Å². The number of hydrogen-bond donors (Lipinski definition) is 2. The molecule has 0 saturated carbocycles. The molecular weight excluding hydrogens is 212 g/mol. The minimum absolute atomic E-state index is 0.490. The highest BCUT2D eigenvalue weighted by atomic mass is 16.3. The molecule has 2 N–H and O–H groups in total. The van der Waals surface area contributed by atoms with Crippen LogP contribution in [-0.4, -0.2) is 36.2 Å². The molecule has 0 atom stereocenters. The molecule has 3 heteroatoms. The Morgan fingerprint density at radius 3 is 2.59 bits per heavy atom. The number of piperazine rings is 1. The first kappa shape index (κ1) is 11.1. The Labute approximate surface area is 102 Å². The number of aryl methyl sites for hydroxylation is 2. The van der Waals surface area contributed by atoms with E-state index >= 15 is 0 Å². The van der Waals surface area contributed by atoms with Crippen molar-refractivity contribution in [2.75, 3.05) is 26.2 Å². The molecule has 0 amide bonds. The SMILES string of the molecule is Oc1cc2c(cc1CN1CCNCC1)CCC2. The first-order valence-corrected chi connectivity index (χ1v) is 6.59. The Hall–Kier alpha value is -1.06.